The van der Waals surface area contributed by atoms with Crippen molar-refractivity contribution in [1.29, 1.82) is 0 Å². The smallest absolute Gasteiger partial charge is 0.191 e. The lowest BCUT2D eigenvalue weighted by molar-refractivity contribution is 0.0931. The molecule has 0 aliphatic heterocycles. The van der Waals surface area contributed by atoms with Gasteiger partial charge in [0.1, 0.15) is 0 Å². The van der Waals surface area contributed by atoms with Gasteiger partial charge in [-0.2, -0.15) is 0 Å². The second-order valence-electron chi connectivity index (χ2n) is 5.51. The Morgan fingerprint density at radius 2 is 1.91 bits per heavy atom. The number of rotatable bonds is 8. The highest BCUT2D eigenvalue weighted by molar-refractivity contribution is 14.0. The lowest BCUT2D eigenvalue weighted by Crippen LogP contribution is -2.43. The van der Waals surface area contributed by atoms with Gasteiger partial charge in [0.2, 0.25) is 0 Å². The number of benzene rings is 1. The van der Waals surface area contributed by atoms with Crippen molar-refractivity contribution in [2.75, 3.05) is 20.2 Å². The number of guanidine groups is 1. The third-order valence-corrected chi connectivity index (χ3v) is 3.35. The molecule has 0 radical (unpaired) electrons. The largest absolute Gasteiger partial charge is 0.376 e. The third kappa shape index (κ3) is 9.25. The van der Waals surface area contributed by atoms with Crippen LogP contribution in [0.3, 0.4) is 0 Å². The Bertz CT molecular complexity index is 412. The molecular weight excluding hydrogens is 389 g/mol. The third-order valence-electron chi connectivity index (χ3n) is 3.35. The predicted octanol–water partition coefficient (Wildman–Crippen LogP) is 3.42. The van der Waals surface area contributed by atoms with Crippen molar-refractivity contribution in [1.82, 2.24) is 10.6 Å². The molecule has 0 spiro atoms. The molecule has 0 aliphatic rings. The molecule has 1 rings (SSSR count). The SMILES string of the molecule is CCC(C)NC(=NC)NCC(C)COCc1ccccc1.I. The first-order valence-corrected chi connectivity index (χ1v) is 7.74. The normalized spacial score (nSPS) is 13.9. The highest BCUT2D eigenvalue weighted by Crippen LogP contribution is 2.02. The van der Waals surface area contributed by atoms with Crippen molar-refractivity contribution in [2.45, 2.75) is 39.8 Å². The highest BCUT2D eigenvalue weighted by atomic mass is 127. The first-order valence-electron chi connectivity index (χ1n) is 7.74. The Morgan fingerprint density at radius 3 is 2.50 bits per heavy atom. The molecule has 4 nitrogen and oxygen atoms in total. The van der Waals surface area contributed by atoms with E-state index >= 15 is 0 Å². The maximum absolute atomic E-state index is 5.75. The summed E-state index contributed by atoms with van der Waals surface area (Å²) in [5.74, 6) is 1.29. The molecule has 2 atom stereocenters. The molecule has 0 heterocycles. The van der Waals surface area contributed by atoms with Crippen LogP contribution < -0.4 is 10.6 Å². The van der Waals surface area contributed by atoms with E-state index in [9.17, 15) is 0 Å². The molecule has 1 aromatic carbocycles. The van der Waals surface area contributed by atoms with Crippen molar-refractivity contribution in [3.05, 3.63) is 35.9 Å². The molecule has 2 N–H and O–H groups in total. The molecular formula is C17H30IN3O. The van der Waals surface area contributed by atoms with Gasteiger partial charge in [-0.05, 0) is 24.8 Å². The molecule has 2 unspecified atom stereocenters. The van der Waals surface area contributed by atoms with E-state index in [2.05, 4.69) is 48.5 Å². The minimum Gasteiger partial charge on any atom is -0.376 e. The summed E-state index contributed by atoms with van der Waals surface area (Å²) < 4.78 is 5.75. The summed E-state index contributed by atoms with van der Waals surface area (Å²) in [5, 5.41) is 6.69. The molecule has 0 amide bonds. The maximum atomic E-state index is 5.75. The van der Waals surface area contributed by atoms with Gasteiger partial charge in [-0.3, -0.25) is 4.99 Å². The summed E-state index contributed by atoms with van der Waals surface area (Å²) in [5.41, 5.74) is 1.21. The van der Waals surface area contributed by atoms with Crippen LogP contribution >= 0.6 is 24.0 Å². The summed E-state index contributed by atoms with van der Waals surface area (Å²) in [7, 11) is 1.80. The van der Waals surface area contributed by atoms with Crippen molar-refractivity contribution in [3.63, 3.8) is 0 Å². The Hall–Kier alpha value is -0.820. The second-order valence-corrected chi connectivity index (χ2v) is 5.51. The van der Waals surface area contributed by atoms with E-state index < -0.39 is 0 Å². The standard InChI is InChI=1S/C17H29N3O.HI/c1-5-15(3)20-17(18-4)19-11-14(2)12-21-13-16-9-7-6-8-10-16;/h6-10,14-15H,5,11-13H2,1-4H3,(H2,18,19,20);1H. The second kappa shape index (κ2) is 12.7. The first-order chi connectivity index (χ1) is 10.2. The average Bonchev–Trinajstić information content (AvgIpc) is 2.52. The van der Waals surface area contributed by atoms with Gasteiger partial charge in [-0.25, -0.2) is 0 Å². The van der Waals surface area contributed by atoms with Crippen molar-refractivity contribution < 1.29 is 4.74 Å². The fourth-order valence-corrected chi connectivity index (χ4v) is 1.81. The summed E-state index contributed by atoms with van der Waals surface area (Å²) in [6.45, 7) is 8.75. The summed E-state index contributed by atoms with van der Waals surface area (Å²) in [6, 6.07) is 10.7. The van der Waals surface area contributed by atoms with Gasteiger partial charge in [-0.1, -0.05) is 44.2 Å². The molecule has 22 heavy (non-hydrogen) atoms. The monoisotopic (exact) mass is 419 g/mol. The predicted molar refractivity (Wildman–Crippen MR) is 105 cm³/mol. The van der Waals surface area contributed by atoms with E-state index in [4.69, 9.17) is 4.74 Å². The molecule has 1 aromatic rings. The minimum atomic E-state index is 0. The van der Waals surface area contributed by atoms with Gasteiger partial charge in [0.25, 0.3) is 0 Å². The zero-order chi connectivity index (χ0) is 15.5. The minimum absolute atomic E-state index is 0. The van der Waals surface area contributed by atoms with Gasteiger partial charge < -0.3 is 15.4 Å². The van der Waals surface area contributed by atoms with Crippen LogP contribution in [0.2, 0.25) is 0 Å². The van der Waals surface area contributed by atoms with Crippen LogP contribution in [0.15, 0.2) is 35.3 Å². The number of nitrogens with one attached hydrogen (secondary N) is 2. The molecule has 126 valence electrons. The van der Waals surface area contributed by atoms with Crippen LogP contribution in [0.1, 0.15) is 32.8 Å². The van der Waals surface area contributed by atoms with E-state index in [0.717, 1.165) is 25.5 Å². The van der Waals surface area contributed by atoms with E-state index in [-0.39, 0.29) is 24.0 Å². The van der Waals surface area contributed by atoms with Crippen LogP contribution in [0.5, 0.6) is 0 Å². The van der Waals surface area contributed by atoms with E-state index in [1.54, 1.807) is 7.05 Å². The summed E-state index contributed by atoms with van der Waals surface area (Å²) >= 11 is 0. The topological polar surface area (TPSA) is 45.7 Å². The Kier molecular flexibility index (Phi) is 12.2. The average molecular weight is 419 g/mol. The molecule has 0 bridgehead atoms. The molecule has 0 saturated carbocycles. The molecule has 0 aromatic heterocycles. The quantitative estimate of drug-likeness (QED) is 0.386. The van der Waals surface area contributed by atoms with Crippen LogP contribution in [0, 0.1) is 5.92 Å². The lowest BCUT2D eigenvalue weighted by Gasteiger charge is -2.19. The number of aliphatic imine (C=N–C) groups is 1. The number of nitrogens with zero attached hydrogens (tertiary/aromatic N) is 1. The summed E-state index contributed by atoms with van der Waals surface area (Å²) in [6.07, 6.45) is 1.08. The van der Waals surface area contributed by atoms with Crippen LogP contribution in [0.4, 0.5) is 0 Å². The van der Waals surface area contributed by atoms with Gasteiger partial charge in [0.05, 0.1) is 13.2 Å². The van der Waals surface area contributed by atoms with Crippen LogP contribution in [0.25, 0.3) is 0 Å². The zero-order valence-electron chi connectivity index (χ0n) is 14.1. The number of hydrogen-bond donors (Lipinski definition) is 2. The maximum Gasteiger partial charge on any atom is 0.191 e. The molecule has 0 aliphatic carbocycles. The number of ether oxygens (including phenoxy) is 1. The number of hydrogen-bond acceptors (Lipinski definition) is 2. The number of halogens is 1. The molecule has 0 saturated heterocycles. The van der Waals surface area contributed by atoms with E-state index in [1.165, 1.54) is 5.56 Å². The fourth-order valence-electron chi connectivity index (χ4n) is 1.81. The Labute approximate surface area is 152 Å². The highest BCUT2D eigenvalue weighted by Gasteiger charge is 2.06. The molecule has 0 fully saturated rings. The van der Waals surface area contributed by atoms with Crippen LogP contribution in [-0.2, 0) is 11.3 Å². The summed E-state index contributed by atoms with van der Waals surface area (Å²) in [4.78, 5) is 4.23. The van der Waals surface area contributed by atoms with E-state index in [1.807, 2.05) is 18.2 Å². The Balaban J connectivity index is 0.00000441. The first kappa shape index (κ1) is 21.2. The Morgan fingerprint density at radius 1 is 1.23 bits per heavy atom. The zero-order valence-corrected chi connectivity index (χ0v) is 16.5. The fraction of sp³-hybridized carbons (Fsp3) is 0.588. The lowest BCUT2D eigenvalue weighted by atomic mass is 10.2. The van der Waals surface area contributed by atoms with Crippen molar-refractivity contribution in [2.24, 2.45) is 10.9 Å². The van der Waals surface area contributed by atoms with Gasteiger partial charge >= 0.3 is 0 Å². The van der Waals surface area contributed by atoms with Crippen molar-refractivity contribution >= 4 is 29.9 Å². The van der Waals surface area contributed by atoms with Crippen molar-refractivity contribution in [3.8, 4) is 0 Å². The van der Waals surface area contributed by atoms with Crippen LogP contribution in [-0.4, -0.2) is 32.2 Å². The van der Waals surface area contributed by atoms with Gasteiger partial charge in [-0.15, -0.1) is 24.0 Å². The van der Waals surface area contributed by atoms with Gasteiger partial charge in [0, 0.05) is 19.6 Å². The molecule has 5 heteroatoms. The van der Waals surface area contributed by atoms with E-state index in [0.29, 0.717) is 18.6 Å². The van der Waals surface area contributed by atoms with Gasteiger partial charge in [0.15, 0.2) is 5.96 Å².